The Kier molecular flexibility index (Phi) is 5.86. The summed E-state index contributed by atoms with van der Waals surface area (Å²) < 4.78 is 34.3. The predicted octanol–water partition coefficient (Wildman–Crippen LogP) is 5.71. The SMILES string of the molecule is COc1ccc(OC)c2c(OC)c(-c3ccc4c(OC)ccc(OC)c4c3OC)ccc12. The maximum Gasteiger partial charge on any atom is 0.138 e. The van der Waals surface area contributed by atoms with Gasteiger partial charge in [-0.25, -0.2) is 0 Å². The van der Waals surface area contributed by atoms with Crippen LogP contribution in [-0.4, -0.2) is 42.7 Å². The summed E-state index contributed by atoms with van der Waals surface area (Å²) in [5.74, 6) is 4.19. The Hall–Kier alpha value is -3.80. The second kappa shape index (κ2) is 8.75. The fourth-order valence-electron chi connectivity index (χ4n) is 4.26. The summed E-state index contributed by atoms with van der Waals surface area (Å²) in [5, 5.41) is 3.44. The average molecular weight is 434 g/mol. The molecule has 6 nitrogen and oxygen atoms in total. The molecule has 32 heavy (non-hydrogen) atoms. The van der Waals surface area contributed by atoms with E-state index in [1.807, 2.05) is 48.5 Å². The van der Waals surface area contributed by atoms with E-state index in [9.17, 15) is 0 Å². The zero-order valence-electron chi connectivity index (χ0n) is 19.1. The van der Waals surface area contributed by atoms with E-state index in [2.05, 4.69) is 0 Å². The zero-order chi connectivity index (χ0) is 22.8. The first-order chi connectivity index (χ1) is 15.6. The molecule has 0 N–H and O–H groups in total. The fraction of sp³-hybridized carbons (Fsp3) is 0.231. The first kappa shape index (κ1) is 21.4. The molecule has 0 aliphatic rings. The second-order valence-electron chi connectivity index (χ2n) is 7.08. The first-order valence-electron chi connectivity index (χ1n) is 10.1. The van der Waals surface area contributed by atoms with Gasteiger partial charge < -0.3 is 28.4 Å². The summed E-state index contributed by atoms with van der Waals surface area (Å²) in [6.45, 7) is 0. The van der Waals surface area contributed by atoms with Crippen LogP contribution in [0.5, 0.6) is 34.5 Å². The van der Waals surface area contributed by atoms with E-state index in [1.165, 1.54) is 0 Å². The van der Waals surface area contributed by atoms with E-state index in [0.717, 1.165) is 44.2 Å². The molecule has 0 aliphatic carbocycles. The molecule has 0 amide bonds. The number of fused-ring (bicyclic) bond motifs is 2. The Morgan fingerprint density at radius 1 is 0.375 bits per heavy atom. The highest BCUT2D eigenvalue weighted by Gasteiger charge is 2.22. The minimum absolute atomic E-state index is 0.665. The summed E-state index contributed by atoms with van der Waals surface area (Å²) in [5.41, 5.74) is 1.71. The minimum Gasteiger partial charge on any atom is -0.496 e. The maximum atomic E-state index is 5.92. The standard InChI is InChI=1S/C26H26O6/c1-27-19-11-13-21(29-3)23-17(19)9-7-15(25(23)31-5)16-8-10-18-20(28-2)12-14-22(30-4)24(18)26(16)32-6/h7-14H,1-6H3. The van der Waals surface area contributed by atoms with Gasteiger partial charge in [0, 0.05) is 21.9 Å². The number of hydrogen-bond acceptors (Lipinski definition) is 6. The monoisotopic (exact) mass is 434 g/mol. The van der Waals surface area contributed by atoms with E-state index >= 15 is 0 Å². The van der Waals surface area contributed by atoms with Crippen LogP contribution in [0, 0.1) is 0 Å². The number of hydrogen-bond donors (Lipinski definition) is 0. The third kappa shape index (κ3) is 3.19. The molecule has 0 unspecified atom stereocenters. The van der Waals surface area contributed by atoms with Crippen LogP contribution in [0.25, 0.3) is 32.7 Å². The Labute approximate surface area is 187 Å². The van der Waals surface area contributed by atoms with Gasteiger partial charge in [0.05, 0.1) is 53.4 Å². The van der Waals surface area contributed by atoms with E-state index in [4.69, 9.17) is 28.4 Å². The summed E-state index contributed by atoms with van der Waals surface area (Å²) in [6.07, 6.45) is 0. The van der Waals surface area contributed by atoms with Gasteiger partial charge in [-0.3, -0.25) is 0 Å². The highest BCUT2D eigenvalue weighted by molar-refractivity contribution is 6.07. The molecule has 0 fully saturated rings. The van der Waals surface area contributed by atoms with Crippen molar-refractivity contribution >= 4 is 21.5 Å². The molecule has 0 spiro atoms. The van der Waals surface area contributed by atoms with E-state index in [1.54, 1.807) is 42.7 Å². The first-order valence-corrected chi connectivity index (χ1v) is 10.1. The molecular weight excluding hydrogens is 408 g/mol. The third-order valence-corrected chi connectivity index (χ3v) is 5.69. The maximum absolute atomic E-state index is 5.92. The van der Waals surface area contributed by atoms with Crippen molar-refractivity contribution in [3.05, 3.63) is 48.5 Å². The minimum atomic E-state index is 0.665. The van der Waals surface area contributed by atoms with Crippen LogP contribution in [0.4, 0.5) is 0 Å². The Morgan fingerprint density at radius 2 is 0.719 bits per heavy atom. The van der Waals surface area contributed by atoms with Crippen LogP contribution in [0.15, 0.2) is 48.5 Å². The molecule has 0 aliphatic heterocycles. The molecule has 0 atom stereocenters. The molecule has 4 aromatic carbocycles. The lowest BCUT2D eigenvalue weighted by Gasteiger charge is -2.20. The van der Waals surface area contributed by atoms with Gasteiger partial charge in [0.2, 0.25) is 0 Å². The molecule has 4 rings (SSSR count). The lowest BCUT2D eigenvalue weighted by atomic mass is 9.94. The van der Waals surface area contributed by atoms with Gasteiger partial charge in [-0.1, -0.05) is 0 Å². The molecule has 0 bridgehead atoms. The van der Waals surface area contributed by atoms with Crippen molar-refractivity contribution in [3.63, 3.8) is 0 Å². The normalized spacial score (nSPS) is 10.8. The Morgan fingerprint density at radius 3 is 1.03 bits per heavy atom. The summed E-state index contributed by atoms with van der Waals surface area (Å²) in [6, 6.07) is 15.5. The van der Waals surface area contributed by atoms with Gasteiger partial charge in [0.1, 0.15) is 34.5 Å². The Bertz CT molecular complexity index is 1190. The number of methoxy groups -OCH3 is 6. The molecule has 6 heteroatoms. The van der Waals surface area contributed by atoms with Crippen LogP contribution in [0.2, 0.25) is 0 Å². The van der Waals surface area contributed by atoms with Gasteiger partial charge in [-0.2, -0.15) is 0 Å². The number of ether oxygens (including phenoxy) is 6. The highest BCUT2D eigenvalue weighted by Crippen LogP contribution is 2.50. The van der Waals surface area contributed by atoms with Crippen molar-refractivity contribution < 1.29 is 28.4 Å². The third-order valence-electron chi connectivity index (χ3n) is 5.69. The van der Waals surface area contributed by atoms with Gasteiger partial charge in [-0.15, -0.1) is 0 Å². The van der Waals surface area contributed by atoms with Crippen molar-refractivity contribution in [2.45, 2.75) is 0 Å². The van der Waals surface area contributed by atoms with Gasteiger partial charge in [0.15, 0.2) is 0 Å². The smallest absolute Gasteiger partial charge is 0.138 e. The molecular formula is C26H26O6. The Balaban J connectivity index is 2.12. The average Bonchev–Trinajstić information content (AvgIpc) is 2.85. The predicted molar refractivity (Wildman–Crippen MR) is 126 cm³/mol. The van der Waals surface area contributed by atoms with Gasteiger partial charge in [-0.05, 0) is 48.5 Å². The van der Waals surface area contributed by atoms with Crippen LogP contribution in [-0.2, 0) is 0 Å². The summed E-state index contributed by atoms with van der Waals surface area (Å²) >= 11 is 0. The number of rotatable bonds is 7. The quantitative estimate of drug-likeness (QED) is 0.371. The zero-order valence-corrected chi connectivity index (χ0v) is 19.1. The highest BCUT2D eigenvalue weighted by atomic mass is 16.5. The summed E-state index contributed by atoms with van der Waals surface area (Å²) in [4.78, 5) is 0. The molecule has 0 aromatic heterocycles. The number of benzene rings is 4. The van der Waals surface area contributed by atoms with E-state index in [0.29, 0.717) is 23.0 Å². The molecule has 0 saturated heterocycles. The van der Waals surface area contributed by atoms with Crippen molar-refractivity contribution in [1.82, 2.24) is 0 Å². The van der Waals surface area contributed by atoms with Crippen LogP contribution in [0.1, 0.15) is 0 Å². The van der Waals surface area contributed by atoms with Crippen molar-refractivity contribution in [1.29, 1.82) is 0 Å². The van der Waals surface area contributed by atoms with Crippen molar-refractivity contribution in [2.75, 3.05) is 42.7 Å². The fourth-order valence-corrected chi connectivity index (χ4v) is 4.26. The lowest BCUT2D eigenvalue weighted by molar-refractivity contribution is 0.398. The summed E-state index contributed by atoms with van der Waals surface area (Å²) in [7, 11) is 9.87. The molecule has 0 radical (unpaired) electrons. The van der Waals surface area contributed by atoms with E-state index < -0.39 is 0 Å². The second-order valence-corrected chi connectivity index (χ2v) is 7.08. The van der Waals surface area contributed by atoms with Crippen LogP contribution in [0.3, 0.4) is 0 Å². The van der Waals surface area contributed by atoms with Crippen LogP contribution < -0.4 is 28.4 Å². The van der Waals surface area contributed by atoms with Crippen LogP contribution >= 0.6 is 0 Å². The van der Waals surface area contributed by atoms with E-state index in [-0.39, 0.29) is 0 Å². The molecule has 0 saturated carbocycles. The molecule has 166 valence electrons. The largest absolute Gasteiger partial charge is 0.496 e. The van der Waals surface area contributed by atoms with Crippen molar-refractivity contribution in [3.8, 4) is 45.6 Å². The topological polar surface area (TPSA) is 55.4 Å². The van der Waals surface area contributed by atoms with Gasteiger partial charge >= 0.3 is 0 Å². The molecule has 4 aromatic rings. The van der Waals surface area contributed by atoms with Gasteiger partial charge in [0.25, 0.3) is 0 Å². The van der Waals surface area contributed by atoms with Crippen molar-refractivity contribution in [2.24, 2.45) is 0 Å². The lowest BCUT2D eigenvalue weighted by Crippen LogP contribution is -1.98. The molecule has 0 heterocycles.